The number of ether oxygens (including phenoxy) is 3. The van der Waals surface area contributed by atoms with Crippen molar-refractivity contribution in [2.75, 3.05) is 25.6 Å². The first-order valence-corrected chi connectivity index (χ1v) is 27.3. The summed E-state index contributed by atoms with van der Waals surface area (Å²) in [5, 5.41) is 20.9. The van der Waals surface area contributed by atoms with E-state index in [1.54, 1.807) is 0 Å². The quantitative estimate of drug-likeness (QED) is 0.0178. The molecule has 18 nitrogen and oxygen atoms in total. The van der Waals surface area contributed by atoms with Gasteiger partial charge in [0.05, 0.1) is 13.2 Å². The zero-order chi connectivity index (χ0) is 49.9. The summed E-state index contributed by atoms with van der Waals surface area (Å²) in [5.41, 5.74) is 4.58. The first-order chi connectivity index (χ1) is 32.7. The summed E-state index contributed by atoms with van der Waals surface area (Å²) in [6.45, 7) is 2.04. The van der Waals surface area contributed by atoms with E-state index in [-0.39, 0.29) is 18.7 Å². The van der Waals surface area contributed by atoms with E-state index in [4.69, 9.17) is 29.0 Å². The summed E-state index contributed by atoms with van der Waals surface area (Å²) in [6.07, 6.45) is 34.6. The second kappa shape index (κ2) is 36.4. The Labute approximate surface area is 402 Å². The molecular weight excluding hydrogens is 920 g/mol. The monoisotopic (exact) mass is 999 g/mol. The third kappa shape index (κ3) is 28.8. The molecule has 1 aromatic heterocycles. The number of anilines is 1. The molecule has 68 heavy (non-hydrogen) atoms. The van der Waals surface area contributed by atoms with Gasteiger partial charge in [-0.15, -0.1) is 0 Å². The lowest BCUT2D eigenvalue weighted by molar-refractivity contribution is -0.161. The fourth-order valence-electron chi connectivity index (χ4n) is 6.77. The van der Waals surface area contributed by atoms with Gasteiger partial charge in [-0.3, -0.25) is 23.2 Å². The van der Waals surface area contributed by atoms with E-state index in [2.05, 4.69) is 71.8 Å². The van der Waals surface area contributed by atoms with Crippen molar-refractivity contribution in [3.8, 4) is 0 Å². The van der Waals surface area contributed by atoms with Gasteiger partial charge >= 0.3 is 33.3 Å². The van der Waals surface area contributed by atoms with Crippen LogP contribution in [0.1, 0.15) is 161 Å². The fourth-order valence-corrected chi connectivity index (χ4v) is 8.88. The Morgan fingerprint density at radius 2 is 1.21 bits per heavy atom. The summed E-state index contributed by atoms with van der Waals surface area (Å²) < 4.78 is 56.6. The van der Waals surface area contributed by atoms with Crippen molar-refractivity contribution in [2.24, 2.45) is 0 Å². The number of carbonyl (C=O) groups excluding carboxylic acids is 2. The number of rotatable bonds is 39. The van der Waals surface area contributed by atoms with E-state index in [1.807, 2.05) is 12.2 Å². The van der Waals surface area contributed by atoms with Crippen molar-refractivity contribution >= 4 is 33.4 Å². The number of allylic oxidation sites excluding steroid dienone is 10. The minimum atomic E-state index is -5.44. The van der Waals surface area contributed by atoms with Crippen molar-refractivity contribution in [3.05, 3.63) is 83.5 Å². The van der Waals surface area contributed by atoms with E-state index >= 15 is 0 Å². The lowest BCUT2D eigenvalue weighted by atomic mass is 10.1. The third-order valence-electron chi connectivity index (χ3n) is 10.6. The number of nitrogens with zero attached hydrogens (tertiary/aromatic N) is 2. The maximum atomic E-state index is 12.8. The number of nitrogen functional groups attached to an aromatic ring is 1. The second-order valence-electron chi connectivity index (χ2n) is 16.6. The van der Waals surface area contributed by atoms with Gasteiger partial charge in [0, 0.05) is 19.0 Å². The first kappa shape index (κ1) is 60.6. The maximum Gasteiger partial charge on any atom is 0.481 e. The number of hydrogen-bond donors (Lipinski definition) is 5. The Bertz CT molecular complexity index is 1870. The second-order valence-corrected chi connectivity index (χ2v) is 19.6. The summed E-state index contributed by atoms with van der Waals surface area (Å²) >= 11 is 0. The zero-order valence-corrected chi connectivity index (χ0v) is 41.9. The molecule has 0 aliphatic carbocycles. The van der Waals surface area contributed by atoms with Crippen LogP contribution in [0.15, 0.2) is 77.8 Å². The molecule has 386 valence electrons. The highest BCUT2D eigenvalue weighted by Gasteiger charge is 2.46. The van der Waals surface area contributed by atoms with Gasteiger partial charge in [0.25, 0.3) is 0 Å². The van der Waals surface area contributed by atoms with Crippen LogP contribution in [-0.2, 0) is 46.3 Å². The predicted octanol–water partition coefficient (Wildman–Crippen LogP) is 9.55. The molecule has 0 aromatic carbocycles. The Balaban J connectivity index is 1.85. The highest BCUT2D eigenvalue weighted by Crippen LogP contribution is 2.60. The average molecular weight is 1000 g/mol. The predicted molar refractivity (Wildman–Crippen MR) is 261 cm³/mol. The molecule has 0 radical (unpaired) electrons. The van der Waals surface area contributed by atoms with Crippen molar-refractivity contribution in [2.45, 2.75) is 186 Å². The van der Waals surface area contributed by atoms with Crippen LogP contribution in [0.25, 0.3) is 0 Å². The SMILES string of the molecule is CCCCC/C=C\C/C=C\C/C=C\C/C=C\CCCC(=O)O[C@H](COC(=O)CCCCCCC/C=C\CCCCCC)COP(=O)(O)OP(=O)(O)OC[C@H]1O[C@@H](n2ccc(N)nc2=O)C(O)[C@H]1O. The van der Waals surface area contributed by atoms with Gasteiger partial charge in [0.1, 0.15) is 30.7 Å². The molecular formula is C48H79N3O15P2. The molecule has 3 unspecified atom stereocenters. The highest BCUT2D eigenvalue weighted by molar-refractivity contribution is 7.61. The van der Waals surface area contributed by atoms with Crippen molar-refractivity contribution in [3.63, 3.8) is 0 Å². The highest BCUT2D eigenvalue weighted by atomic mass is 31.3. The molecule has 20 heteroatoms. The summed E-state index contributed by atoms with van der Waals surface area (Å²) in [4.78, 5) is 61.8. The molecule has 0 saturated carbocycles. The number of esters is 2. The molecule has 1 fully saturated rings. The first-order valence-electron chi connectivity index (χ1n) is 24.3. The summed E-state index contributed by atoms with van der Waals surface area (Å²) in [6, 6.07) is 1.24. The Hall–Kier alpha value is -3.54. The summed E-state index contributed by atoms with van der Waals surface area (Å²) in [7, 11) is -10.9. The van der Waals surface area contributed by atoms with Crippen LogP contribution in [0, 0.1) is 0 Å². The molecule has 7 atom stereocenters. The van der Waals surface area contributed by atoms with Crippen LogP contribution in [0.3, 0.4) is 0 Å². The molecule has 1 aromatic rings. The van der Waals surface area contributed by atoms with Crippen LogP contribution in [0.4, 0.5) is 5.82 Å². The molecule has 2 heterocycles. The molecule has 0 spiro atoms. The van der Waals surface area contributed by atoms with Gasteiger partial charge in [-0.2, -0.15) is 9.29 Å². The minimum absolute atomic E-state index is 0.0295. The number of aliphatic hydroxyl groups excluding tert-OH is 2. The topological polar surface area (TPSA) is 265 Å². The standard InChI is InChI=1S/C48H79N3O15P2/c1-3-5-7-9-11-13-15-17-18-19-20-22-24-26-28-30-32-34-44(53)64-40(37-61-43(52)33-31-29-27-25-23-21-16-14-12-10-8-6-4-2)38-62-67(57,58)66-68(59,60)63-39-41-45(54)46(55)47(65-41)51-36-35-42(49)50-48(51)56/h11,13-14,16-18,20,22,26,28,35-36,40-41,45-47,54-55H,3-10,12,15,19,21,23-25,27,29-34,37-39H2,1-2H3,(H,57,58)(H,59,60)(H2,49,50,56)/b13-11-,16-14-,18-17-,22-20-,28-26-/t40-,41-,45+,46?,47-/m1/s1. The van der Waals surface area contributed by atoms with E-state index in [9.17, 15) is 43.5 Å². The van der Waals surface area contributed by atoms with Gasteiger partial charge in [-0.25, -0.2) is 13.9 Å². The molecule has 0 amide bonds. The lowest BCUT2D eigenvalue weighted by Gasteiger charge is -2.21. The van der Waals surface area contributed by atoms with E-state index in [1.165, 1.54) is 51.0 Å². The number of phosphoric acid groups is 2. The molecule has 1 aliphatic rings. The number of nitrogens with two attached hydrogens (primary N) is 1. The van der Waals surface area contributed by atoms with Crippen LogP contribution in [0.5, 0.6) is 0 Å². The minimum Gasteiger partial charge on any atom is -0.462 e. The van der Waals surface area contributed by atoms with E-state index in [0.717, 1.165) is 75.0 Å². The number of hydrogen-bond acceptors (Lipinski definition) is 15. The Morgan fingerprint density at radius 3 is 1.82 bits per heavy atom. The number of carbonyl (C=O) groups is 2. The van der Waals surface area contributed by atoms with Crippen molar-refractivity contribution < 1.29 is 66.3 Å². The number of aliphatic hydroxyl groups is 2. The molecule has 1 aliphatic heterocycles. The Kier molecular flexibility index (Phi) is 32.4. The smallest absolute Gasteiger partial charge is 0.462 e. The zero-order valence-electron chi connectivity index (χ0n) is 40.1. The van der Waals surface area contributed by atoms with Gasteiger partial charge in [0.2, 0.25) is 0 Å². The fraction of sp³-hybridized carbons (Fsp3) is 0.667. The van der Waals surface area contributed by atoms with Gasteiger partial charge < -0.3 is 39.9 Å². The third-order valence-corrected chi connectivity index (χ3v) is 13.2. The maximum absolute atomic E-state index is 12.8. The lowest BCUT2D eigenvalue weighted by Crippen LogP contribution is -2.36. The summed E-state index contributed by atoms with van der Waals surface area (Å²) in [5.74, 6) is -1.38. The molecule has 0 bridgehead atoms. The average Bonchev–Trinajstić information content (AvgIpc) is 3.57. The number of unbranched alkanes of at least 4 members (excludes halogenated alkanes) is 13. The van der Waals surface area contributed by atoms with E-state index < -0.39 is 83.7 Å². The van der Waals surface area contributed by atoms with Gasteiger partial charge in [-0.1, -0.05) is 126 Å². The van der Waals surface area contributed by atoms with Gasteiger partial charge in [0.15, 0.2) is 12.3 Å². The van der Waals surface area contributed by atoms with Crippen LogP contribution < -0.4 is 11.4 Å². The van der Waals surface area contributed by atoms with Crippen LogP contribution in [0.2, 0.25) is 0 Å². The van der Waals surface area contributed by atoms with Crippen molar-refractivity contribution in [1.82, 2.24) is 9.55 Å². The van der Waals surface area contributed by atoms with Crippen LogP contribution in [-0.4, -0.2) is 85.7 Å². The molecule has 6 N–H and O–H groups in total. The number of phosphoric ester groups is 2. The molecule has 2 rings (SSSR count). The normalized spacial score (nSPS) is 20.0. The van der Waals surface area contributed by atoms with Crippen LogP contribution >= 0.6 is 15.6 Å². The van der Waals surface area contributed by atoms with Gasteiger partial charge in [-0.05, 0) is 83.1 Å². The number of aromatic nitrogens is 2. The van der Waals surface area contributed by atoms with E-state index in [0.29, 0.717) is 19.3 Å². The molecule has 1 saturated heterocycles. The largest absolute Gasteiger partial charge is 0.481 e. The Morgan fingerprint density at radius 1 is 0.706 bits per heavy atom. The van der Waals surface area contributed by atoms with Crippen molar-refractivity contribution in [1.29, 1.82) is 0 Å².